The van der Waals surface area contributed by atoms with Crippen molar-refractivity contribution in [3.8, 4) is 0 Å². The number of nitrogens with zero attached hydrogens (tertiary/aromatic N) is 1. The monoisotopic (exact) mass is 271 g/mol. The van der Waals surface area contributed by atoms with Gasteiger partial charge in [0.25, 0.3) is 0 Å². The summed E-state index contributed by atoms with van der Waals surface area (Å²) in [5.74, 6) is 0.231. The highest BCUT2D eigenvalue weighted by atomic mass is 16.4. The summed E-state index contributed by atoms with van der Waals surface area (Å²) in [5, 5.41) is 15.1. The van der Waals surface area contributed by atoms with Gasteiger partial charge >= 0.3 is 0 Å². The van der Waals surface area contributed by atoms with Crippen LogP contribution in [0.25, 0.3) is 0 Å². The van der Waals surface area contributed by atoms with E-state index in [9.17, 15) is 4.79 Å². The van der Waals surface area contributed by atoms with Gasteiger partial charge in [0.1, 0.15) is 5.41 Å². The molecule has 0 aliphatic rings. The van der Waals surface area contributed by atoms with Crippen LogP contribution in [-0.2, 0) is 4.79 Å². The highest BCUT2D eigenvalue weighted by Gasteiger charge is 2.41. The number of carbonyl (C=O) groups is 1. The van der Waals surface area contributed by atoms with Crippen molar-refractivity contribution in [2.24, 2.45) is 22.2 Å². The van der Waals surface area contributed by atoms with E-state index in [4.69, 9.17) is 10.9 Å². The predicted octanol–water partition coefficient (Wildman–Crippen LogP) is 2.48. The maximum Gasteiger partial charge on any atom is 0.234 e. The zero-order valence-corrected chi connectivity index (χ0v) is 12.9. The van der Waals surface area contributed by atoms with E-state index in [1.54, 1.807) is 0 Å². The van der Waals surface area contributed by atoms with Crippen molar-refractivity contribution in [1.82, 2.24) is 5.32 Å². The molecule has 0 aliphatic carbocycles. The van der Waals surface area contributed by atoms with Gasteiger partial charge in [0.2, 0.25) is 5.91 Å². The summed E-state index contributed by atoms with van der Waals surface area (Å²) in [6, 6.07) is 0.0621. The SMILES string of the molecule is CCCC(CCC)(C(=O)NC(C)C(C)C)C(N)=NO. The lowest BCUT2D eigenvalue weighted by Crippen LogP contribution is -2.52. The van der Waals surface area contributed by atoms with Crippen LogP contribution in [0.3, 0.4) is 0 Å². The molecule has 0 aromatic rings. The number of nitrogens with two attached hydrogens (primary N) is 1. The van der Waals surface area contributed by atoms with Gasteiger partial charge in [0, 0.05) is 6.04 Å². The first-order chi connectivity index (χ1) is 8.85. The van der Waals surface area contributed by atoms with E-state index in [0.717, 1.165) is 12.8 Å². The quantitative estimate of drug-likeness (QED) is 0.274. The average molecular weight is 271 g/mol. The molecule has 0 aliphatic heterocycles. The number of amidine groups is 1. The molecular formula is C14H29N3O2. The van der Waals surface area contributed by atoms with Crippen LogP contribution >= 0.6 is 0 Å². The molecule has 0 radical (unpaired) electrons. The molecule has 1 atom stereocenters. The molecule has 1 amide bonds. The van der Waals surface area contributed by atoms with E-state index >= 15 is 0 Å². The Morgan fingerprint density at radius 3 is 2.05 bits per heavy atom. The second-order valence-electron chi connectivity index (χ2n) is 5.57. The van der Waals surface area contributed by atoms with E-state index in [0.29, 0.717) is 18.8 Å². The zero-order valence-electron chi connectivity index (χ0n) is 12.9. The van der Waals surface area contributed by atoms with Crippen LogP contribution in [0.5, 0.6) is 0 Å². The molecular weight excluding hydrogens is 242 g/mol. The molecule has 0 rings (SSSR count). The summed E-state index contributed by atoms with van der Waals surface area (Å²) in [6.45, 7) is 10.1. The Hall–Kier alpha value is -1.26. The molecule has 1 unspecified atom stereocenters. The molecule has 5 nitrogen and oxygen atoms in total. The van der Waals surface area contributed by atoms with Gasteiger partial charge in [0.15, 0.2) is 5.84 Å². The Balaban J connectivity index is 5.26. The van der Waals surface area contributed by atoms with E-state index in [1.807, 2.05) is 20.8 Å². The fraction of sp³-hybridized carbons (Fsp3) is 0.857. The topological polar surface area (TPSA) is 87.7 Å². The summed E-state index contributed by atoms with van der Waals surface area (Å²) in [7, 11) is 0. The van der Waals surface area contributed by atoms with Crippen molar-refractivity contribution in [2.45, 2.75) is 66.3 Å². The van der Waals surface area contributed by atoms with E-state index in [2.05, 4.69) is 24.3 Å². The molecule has 4 N–H and O–H groups in total. The molecule has 0 bridgehead atoms. The standard InChI is InChI=1S/C14H29N3O2/c1-6-8-14(9-7-2,12(15)17-19)13(18)16-11(5)10(3)4/h10-11,19H,6-9H2,1-5H3,(H2,15,17)(H,16,18). The lowest BCUT2D eigenvalue weighted by Gasteiger charge is -2.32. The first kappa shape index (κ1) is 17.7. The lowest BCUT2D eigenvalue weighted by atomic mass is 9.77. The molecule has 0 aromatic heterocycles. The molecule has 0 aromatic carbocycles. The second kappa shape index (κ2) is 8.02. The summed E-state index contributed by atoms with van der Waals surface area (Å²) in [6.07, 6.45) is 2.79. The van der Waals surface area contributed by atoms with Crippen molar-refractivity contribution in [3.05, 3.63) is 0 Å². The summed E-state index contributed by atoms with van der Waals surface area (Å²) < 4.78 is 0. The number of rotatable bonds is 8. The third-order valence-electron chi connectivity index (χ3n) is 3.75. The highest BCUT2D eigenvalue weighted by Crippen LogP contribution is 2.31. The molecule has 0 heterocycles. The maximum absolute atomic E-state index is 12.6. The first-order valence-corrected chi connectivity index (χ1v) is 7.14. The van der Waals surface area contributed by atoms with Gasteiger partial charge < -0.3 is 16.3 Å². The molecule has 0 fully saturated rings. The molecule has 0 saturated carbocycles. The predicted molar refractivity (Wildman–Crippen MR) is 78.1 cm³/mol. The Bertz CT molecular complexity index is 308. The number of nitrogens with one attached hydrogen (secondary N) is 1. The van der Waals surface area contributed by atoms with Crippen LogP contribution < -0.4 is 11.1 Å². The van der Waals surface area contributed by atoms with Crippen molar-refractivity contribution < 1.29 is 10.0 Å². The van der Waals surface area contributed by atoms with Crippen molar-refractivity contribution >= 4 is 11.7 Å². The van der Waals surface area contributed by atoms with Gasteiger partial charge in [-0.05, 0) is 25.7 Å². The Kier molecular flexibility index (Phi) is 7.49. The first-order valence-electron chi connectivity index (χ1n) is 7.14. The van der Waals surface area contributed by atoms with Crippen LogP contribution in [0.2, 0.25) is 0 Å². The molecule has 5 heteroatoms. The number of carbonyl (C=O) groups excluding carboxylic acids is 1. The summed E-state index contributed by atoms with van der Waals surface area (Å²) >= 11 is 0. The van der Waals surface area contributed by atoms with E-state index in [-0.39, 0.29) is 17.8 Å². The van der Waals surface area contributed by atoms with Gasteiger partial charge in [-0.1, -0.05) is 45.7 Å². The maximum atomic E-state index is 12.6. The highest BCUT2D eigenvalue weighted by molar-refractivity contribution is 6.06. The van der Waals surface area contributed by atoms with E-state index in [1.165, 1.54) is 0 Å². The minimum Gasteiger partial charge on any atom is -0.409 e. The van der Waals surface area contributed by atoms with Crippen LogP contribution in [0.1, 0.15) is 60.3 Å². The second-order valence-corrected chi connectivity index (χ2v) is 5.57. The molecule has 0 saturated heterocycles. The van der Waals surface area contributed by atoms with Crippen molar-refractivity contribution in [2.75, 3.05) is 0 Å². The third-order valence-corrected chi connectivity index (χ3v) is 3.75. The fourth-order valence-electron chi connectivity index (χ4n) is 2.19. The Morgan fingerprint density at radius 1 is 1.26 bits per heavy atom. The number of hydrogen-bond acceptors (Lipinski definition) is 3. The number of hydrogen-bond donors (Lipinski definition) is 3. The Morgan fingerprint density at radius 2 is 1.74 bits per heavy atom. The largest absolute Gasteiger partial charge is 0.409 e. The fourth-order valence-corrected chi connectivity index (χ4v) is 2.19. The summed E-state index contributed by atoms with van der Waals surface area (Å²) in [5.41, 5.74) is 4.93. The zero-order chi connectivity index (χ0) is 15.1. The lowest BCUT2D eigenvalue weighted by molar-refractivity contribution is -0.129. The van der Waals surface area contributed by atoms with Gasteiger partial charge in [0.05, 0.1) is 0 Å². The molecule has 112 valence electrons. The molecule has 19 heavy (non-hydrogen) atoms. The van der Waals surface area contributed by atoms with Gasteiger partial charge in [-0.3, -0.25) is 4.79 Å². The summed E-state index contributed by atoms with van der Waals surface area (Å²) in [4.78, 5) is 12.6. The van der Waals surface area contributed by atoms with Crippen molar-refractivity contribution in [3.63, 3.8) is 0 Å². The van der Waals surface area contributed by atoms with Crippen LogP contribution in [0, 0.1) is 11.3 Å². The minimum absolute atomic E-state index is 0.0182. The van der Waals surface area contributed by atoms with Gasteiger partial charge in [-0.25, -0.2) is 0 Å². The smallest absolute Gasteiger partial charge is 0.234 e. The van der Waals surface area contributed by atoms with Crippen LogP contribution in [0.15, 0.2) is 5.16 Å². The minimum atomic E-state index is -0.888. The number of oxime groups is 1. The third kappa shape index (κ3) is 4.40. The van der Waals surface area contributed by atoms with Gasteiger partial charge in [-0.15, -0.1) is 0 Å². The van der Waals surface area contributed by atoms with Crippen molar-refractivity contribution in [1.29, 1.82) is 0 Å². The van der Waals surface area contributed by atoms with Gasteiger partial charge in [-0.2, -0.15) is 0 Å². The average Bonchev–Trinajstić information content (AvgIpc) is 2.36. The van der Waals surface area contributed by atoms with E-state index < -0.39 is 5.41 Å². The normalized spacial score (nSPS) is 14.5. The van der Waals surface area contributed by atoms with Crippen LogP contribution in [-0.4, -0.2) is 23.0 Å². The molecule has 0 spiro atoms. The number of amides is 1. The Labute approximate surface area is 116 Å². The van der Waals surface area contributed by atoms with Crippen LogP contribution in [0.4, 0.5) is 0 Å².